The zero-order chi connectivity index (χ0) is 14.5. The third-order valence-electron chi connectivity index (χ3n) is 2.53. The zero-order valence-electron chi connectivity index (χ0n) is 10.8. The summed E-state index contributed by atoms with van der Waals surface area (Å²) in [6.45, 7) is 3.01. The molecular weight excluding hydrogens is 319 g/mol. The Labute approximate surface area is 132 Å². The standard InChI is InChI=1S/C14H13Cl3N2O/c1-2-18-14-6-5-10(16)12(19-14)8-20-13-7-9(15)3-4-11(13)17/h3-7H,2,8H2,1H3,(H,18,19). The summed E-state index contributed by atoms with van der Waals surface area (Å²) < 4.78 is 5.63. The number of rotatable bonds is 5. The molecular formula is C14H13Cl3N2O. The number of nitrogens with one attached hydrogen (secondary N) is 1. The molecule has 0 saturated carbocycles. The van der Waals surface area contributed by atoms with E-state index in [4.69, 9.17) is 39.5 Å². The number of benzene rings is 1. The molecule has 0 unspecified atom stereocenters. The van der Waals surface area contributed by atoms with Crippen molar-refractivity contribution >= 4 is 40.6 Å². The monoisotopic (exact) mass is 330 g/mol. The van der Waals surface area contributed by atoms with Crippen LogP contribution >= 0.6 is 34.8 Å². The van der Waals surface area contributed by atoms with Crippen LogP contribution in [-0.4, -0.2) is 11.5 Å². The van der Waals surface area contributed by atoms with Gasteiger partial charge in [-0.05, 0) is 31.2 Å². The van der Waals surface area contributed by atoms with Crippen molar-refractivity contribution in [1.82, 2.24) is 4.98 Å². The van der Waals surface area contributed by atoms with Crippen LogP contribution in [0, 0.1) is 0 Å². The third kappa shape index (κ3) is 3.92. The van der Waals surface area contributed by atoms with Crippen molar-refractivity contribution in [3.05, 3.63) is 51.1 Å². The normalized spacial score (nSPS) is 10.4. The summed E-state index contributed by atoms with van der Waals surface area (Å²) in [4.78, 5) is 4.39. The fraction of sp³-hybridized carbons (Fsp3) is 0.214. The summed E-state index contributed by atoms with van der Waals surface area (Å²) in [6.07, 6.45) is 0. The van der Waals surface area contributed by atoms with E-state index in [-0.39, 0.29) is 6.61 Å². The average molecular weight is 332 g/mol. The zero-order valence-corrected chi connectivity index (χ0v) is 13.1. The molecule has 6 heteroatoms. The van der Waals surface area contributed by atoms with Gasteiger partial charge in [0.1, 0.15) is 18.2 Å². The van der Waals surface area contributed by atoms with Crippen LogP contribution in [-0.2, 0) is 6.61 Å². The Bertz CT molecular complexity index is 605. The van der Waals surface area contributed by atoms with Crippen LogP contribution in [0.1, 0.15) is 12.6 Å². The van der Waals surface area contributed by atoms with E-state index in [9.17, 15) is 0 Å². The second kappa shape index (κ2) is 7.02. The van der Waals surface area contributed by atoms with E-state index in [0.717, 1.165) is 12.4 Å². The number of aromatic nitrogens is 1. The van der Waals surface area contributed by atoms with Crippen LogP contribution < -0.4 is 10.1 Å². The van der Waals surface area contributed by atoms with Crippen LogP contribution in [0.3, 0.4) is 0 Å². The lowest BCUT2D eigenvalue weighted by Crippen LogP contribution is -2.04. The van der Waals surface area contributed by atoms with Crippen LogP contribution in [0.15, 0.2) is 30.3 Å². The highest BCUT2D eigenvalue weighted by Crippen LogP contribution is 2.29. The molecule has 1 N–H and O–H groups in total. The number of hydrogen-bond acceptors (Lipinski definition) is 3. The summed E-state index contributed by atoms with van der Waals surface area (Å²) in [5, 5.41) is 4.72. The first-order chi connectivity index (χ1) is 9.60. The van der Waals surface area contributed by atoms with Crippen molar-refractivity contribution in [2.75, 3.05) is 11.9 Å². The highest BCUT2D eigenvalue weighted by atomic mass is 35.5. The minimum atomic E-state index is 0.220. The summed E-state index contributed by atoms with van der Waals surface area (Å²) in [7, 11) is 0. The van der Waals surface area contributed by atoms with Crippen LogP contribution in [0.4, 0.5) is 5.82 Å². The Balaban J connectivity index is 2.13. The van der Waals surface area contributed by atoms with Crippen molar-refractivity contribution in [2.24, 2.45) is 0 Å². The van der Waals surface area contributed by atoms with E-state index in [2.05, 4.69) is 10.3 Å². The molecule has 0 aliphatic carbocycles. The van der Waals surface area contributed by atoms with E-state index in [1.165, 1.54) is 0 Å². The van der Waals surface area contributed by atoms with Gasteiger partial charge in [-0.3, -0.25) is 0 Å². The Morgan fingerprint density at radius 3 is 2.60 bits per heavy atom. The molecule has 0 bridgehead atoms. The molecule has 0 aliphatic rings. The lowest BCUT2D eigenvalue weighted by atomic mass is 10.3. The molecule has 0 radical (unpaired) electrons. The number of pyridine rings is 1. The van der Waals surface area contributed by atoms with Gasteiger partial charge in [0.25, 0.3) is 0 Å². The Kier molecular flexibility index (Phi) is 5.35. The van der Waals surface area contributed by atoms with Gasteiger partial charge in [0.15, 0.2) is 0 Å². The van der Waals surface area contributed by atoms with Gasteiger partial charge in [-0.15, -0.1) is 0 Å². The van der Waals surface area contributed by atoms with Gasteiger partial charge in [-0.1, -0.05) is 34.8 Å². The molecule has 0 amide bonds. The fourth-order valence-electron chi connectivity index (χ4n) is 1.60. The lowest BCUT2D eigenvalue weighted by Gasteiger charge is -2.10. The highest BCUT2D eigenvalue weighted by molar-refractivity contribution is 6.34. The van der Waals surface area contributed by atoms with Gasteiger partial charge in [0.2, 0.25) is 0 Å². The predicted molar refractivity (Wildman–Crippen MR) is 84.2 cm³/mol. The van der Waals surface area contributed by atoms with Crippen LogP contribution in [0.5, 0.6) is 5.75 Å². The van der Waals surface area contributed by atoms with Crippen LogP contribution in [0.2, 0.25) is 15.1 Å². The molecule has 0 aliphatic heterocycles. The van der Waals surface area contributed by atoms with E-state index in [0.29, 0.717) is 26.5 Å². The molecule has 0 spiro atoms. The van der Waals surface area contributed by atoms with Crippen LogP contribution in [0.25, 0.3) is 0 Å². The molecule has 0 fully saturated rings. The Hall–Kier alpha value is -1.16. The second-order valence-corrected chi connectivity index (χ2v) is 5.27. The van der Waals surface area contributed by atoms with Crippen molar-refractivity contribution in [1.29, 1.82) is 0 Å². The topological polar surface area (TPSA) is 34.1 Å². The number of hydrogen-bond donors (Lipinski definition) is 1. The van der Waals surface area contributed by atoms with E-state index >= 15 is 0 Å². The number of halogens is 3. The third-order valence-corrected chi connectivity index (χ3v) is 3.43. The van der Waals surface area contributed by atoms with Gasteiger partial charge in [0.05, 0.1) is 15.7 Å². The first kappa shape index (κ1) is 15.2. The summed E-state index contributed by atoms with van der Waals surface area (Å²) in [5.41, 5.74) is 0.640. The highest BCUT2D eigenvalue weighted by Gasteiger charge is 2.07. The summed E-state index contributed by atoms with van der Waals surface area (Å²) in [6, 6.07) is 8.65. The molecule has 1 aromatic heterocycles. The number of anilines is 1. The lowest BCUT2D eigenvalue weighted by molar-refractivity contribution is 0.302. The molecule has 1 heterocycles. The molecule has 20 heavy (non-hydrogen) atoms. The average Bonchev–Trinajstić information content (AvgIpc) is 2.43. The minimum absolute atomic E-state index is 0.220. The second-order valence-electron chi connectivity index (χ2n) is 4.02. The minimum Gasteiger partial charge on any atom is -0.486 e. The van der Waals surface area contributed by atoms with Crippen molar-refractivity contribution in [3.8, 4) is 5.75 Å². The first-order valence-electron chi connectivity index (χ1n) is 6.07. The van der Waals surface area contributed by atoms with E-state index < -0.39 is 0 Å². The molecule has 3 nitrogen and oxygen atoms in total. The van der Waals surface area contributed by atoms with Gasteiger partial charge < -0.3 is 10.1 Å². The van der Waals surface area contributed by atoms with Crippen molar-refractivity contribution in [3.63, 3.8) is 0 Å². The number of ether oxygens (including phenoxy) is 1. The van der Waals surface area contributed by atoms with Crippen molar-refractivity contribution < 1.29 is 4.74 Å². The predicted octanol–water partition coefficient (Wildman–Crippen LogP) is 5.05. The molecule has 2 rings (SSSR count). The molecule has 2 aromatic rings. The molecule has 1 aromatic carbocycles. The molecule has 106 valence electrons. The largest absolute Gasteiger partial charge is 0.486 e. The van der Waals surface area contributed by atoms with Crippen molar-refractivity contribution in [2.45, 2.75) is 13.5 Å². The van der Waals surface area contributed by atoms with E-state index in [1.807, 2.05) is 13.0 Å². The smallest absolute Gasteiger partial charge is 0.139 e. The summed E-state index contributed by atoms with van der Waals surface area (Å²) in [5.74, 6) is 1.26. The first-order valence-corrected chi connectivity index (χ1v) is 7.20. The van der Waals surface area contributed by atoms with Gasteiger partial charge in [-0.25, -0.2) is 4.98 Å². The maximum atomic E-state index is 6.10. The SMILES string of the molecule is CCNc1ccc(Cl)c(COc2cc(Cl)ccc2Cl)n1. The molecule has 0 saturated heterocycles. The Morgan fingerprint density at radius 2 is 1.85 bits per heavy atom. The quantitative estimate of drug-likeness (QED) is 0.832. The van der Waals surface area contributed by atoms with E-state index in [1.54, 1.807) is 24.3 Å². The van der Waals surface area contributed by atoms with Gasteiger partial charge in [-0.2, -0.15) is 0 Å². The fourth-order valence-corrected chi connectivity index (χ4v) is 2.09. The maximum Gasteiger partial charge on any atom is 0.139 e. The summed E-state index contributed by atoms with van der Waals surface area (Å²) >= 11 is 18.0. The van der Waals surface area contributed by atoms with Gasteiger partial charge >= 0.3 is 0 Å². The Morgan fingerprint density at radius 1 is 1.10 bits per heavy atom. The van der Waals surface area contributed by atoms with Gasteiger partial charge in [0, 0.05) is 17.6 Å². The molecule has 0 atom stereocenters. The maximum absolute atomic E-state index is 6.10. The number of nitrogens with zero attached hydrogens (tertiary/aromatic N) is 1.